The summed E-state index contributed by atoms with van der Waals surface area (Å²) in [5.41, 5.74) is 8.37. The quantitative estimate of drug-likeness (QED) is 0.410. The Morgan fingerprint density at radius 3 is 2.49 bits per heavy atom. The van der Waals surface area contributed by atoms with E-state index in [1.807, 2.05) is 24.3 Å². The molecule has 1 unspecified atom stereocenters. The van der Waals surface area contributed by atoms with Gasteiger partial charge in [-0.2, -0.15) is 0 Å². The molecule has 4 rings (SSSR count). The minimum Gasteiger partial charge on any atom is -0.493 e. The molecule has 39 heavy (non-hydrogen) atoms. The second-order valence-electron chi connectivity index (χ2n) is 9.29. The first-order valence-corrected chi connectivity index (χ1v) is 13.3. The number of carbonyl (C=O) groups excluding carboxylic acids is 2. The van der Waals surface area contributed by atoms with Gasteiger partial charge in [-0.3, -0.25) is 14.2 Å². The first kappa shape index (κ1) is 27.8. The van der Waals surface area contributed by atoms with Crippen molar-refractivity contribution < 1.29 is 23.8 Å². The van der Waals surface area contributed by atoms with Crippen LogP contribution in [-0.2, 0) is 14.3 Å². The highest BCUT2D eigenvalue weighted by Crippen LogP contribution is 2.32. The van der Waals surface area contributed by atoms with Gasteiger partial charge in [0, 0.05) is 0 Å². The van der Waals surface area contributed by atoms with E-state index in [0.717, 1.165) is 11.1 Å². The summed E-state index contributed by atoms with van der Waals surface area (Å²) < 4.78 is 18.1. The van der Waals surface area contributed by atoms with Gasteiger partial charge in [0.2, 0.25) is 0 Å². The van der Waals surface area contributed by atoms with Crippen LogP contribution in [0.5, 0.6) is 11.5 Å². The second kappa shape index (κ2) is 11.7. The minimum absolute atomic E-state index is 0.208. The lowest BCUT2D eigenvalue weighted by Gasteiger charge is -2.25. The van der Waals surface area contributed by atoms with E-state index in [-0.39, 0.29) is 18.8 Å². The minimum atomic E-state index is -0.678. The topological polar surface area (TPSA) is 122 Å². The molecule has 1 aliphatic heterocycles. The number of methoxy groups -OCH3 is 1. The molecule has 9 nitrogen and oxygen atoms in total. The Hall–Kier alpha value is -4.18. The highest BCUT2D eigenvalue weighted by Gasteiger charge is 2.33. The monoisotopic (exact) mass is 549 g/mol. The van der Waals surface area contributed by atoms with Gasteiger partial charge in [0.15, 0.2) is 22.9 Å². The van der Waals surface area contributed by atoms with Crippen molar-refractivity contribution in [1.82, 2.24) is 4.57 Å². The molecule has 3 aromatic rings. The van der Waals surface area contributed by atoms with Crippen LogP contribution in [0, 0.1) is 0 Å². The molecule has 0 spiro atoms. The Morgan fingerprint density at radius 1 is 1.15 bits per heavy atom. The molecule has 0 saturated heterocycles. The number of carbonyl (C=O) groups is 2. The van der Waals surface area contributed by atoms with Crippen molar-refractivity contribution >= 4 is 29.3 Å². The molecule has 1 atom stereocenters. The number of amides is 1. The summed E-state index contributed by atoms with van der Waals surface area (Å²) in [5.74, 6) is -0.0152. The number of esters is 1. The van der Waals surface area contributed by atoms with E-state index in [0.29, 0.717) is 43.6 Å². The van der Waals surface area contributed by atoms with Crippen LogP contribution in [0.15, 0.2) is 63.5 Å². The van der Waals surface area contributed by atoms with Crippen LogP contribution in [-0.4, -0.2) is 36.8 Å². The van der Waals surface area contributed by atoms with Crippen molar-refractivity contribution in [3.63, 3.8) is 0 Å². The highest BCUT2D eigenvalue weighted by atomic mass is 32.1. The fraction of sp³-hybridized carbons (Fsp3) is 0.310. The van der Waals surface area contributed by atoms with Crippen LogP contribution in [0.1, 0.15) is 56.3 Å². The number of nitrogens with zero attached hydrogens (tertiary/aromatic N) is 2. The number of hydrogen-bond acceptors (Lipinski definition) is 8. The standard InChI is InChI=1S/C29H31N3O6S/c1-6-37-28(35)25-17(4)31-29-32(26(25)20-10-8-19(9-11-20)16(2)3)27(34)23(39-29)14-18-7-12-21(22(13-18)36-5)38-15-24(30)33/h7-14,16,26H,6,15H2,1-5H3,(H2,30,33). The van der Waals surface area contributed by atoms with Gasteiger partial charge in [-0.25, -0.2) is 9.79 Å². The summed E-state index contributed by atoms with van der Waals surface area (Å²) >= 11 is 1.23. The Bertz CT molecular complexity index is 1620. The lowest BCUT2D eigenvalue weighted by atomic mass is 9.93. The molecule has 2 aromatic carbocycles. The molecule has 0 saturated carbocycles. The average Bonchev–Trinajstić information content (AvgIpc) is 3.21. The Labute approximate surface area is 229 Å². The smallest absolute Gasteiger partial charge is 0.338 e. The molecular weight excluding hydrogens is 518 g/mol. The van der Waals surface area contributed by atoms with Gasteiger partial charge in [-0.1, -0.05) is 55.5 Å². The highest BCUT2D eigenvalue weighted by molar-refractivity contribution is 7.07. The summed E-state index contributed by atoms with van der Waals surface area (Å²) in [7, 11) is 1.48. The van der Waals surface area contributed by atoms with Crippen LogP contribution >= 0.6 is 11.3 Å². The third-order valence-electron chi connectivity index (χ3n) is 6.29. The largest absolute Gasteiger partial charge is 0.493 e. The summed E-state index contributed by atoms with van der Waals surface area (Å²) in [6, 6.07) is 12.3. The molecule has 1 amide bonds. The van der Waals surface area contributed by atoms with E-state index >= 15 is 0 Å². The molecule has 204 valence electrons. The third kappa shape index (κ3) is 5.80. The van der Waals surface area contributed by atoms with Crippen LogP contribution in [0.25, 0.3) is 6.08 Å². The lowest BCUT2D eigenvalue weighted by Crippen LogP contribution is -2.39. The first-order chi connectivity index (χ1) is 18.6. The van der Waals surface area contributed by atoms with Gasteiger partial charge < -0.3 is 19.9 Å². The molecule has 1 aromatic heterocycles. The van der Waals surface area contributed by atoms with Gasteiger partial charge in [0.1, 0.15) is 0 Å². The molecule has 0 aliphatic carbocycles. The Balaban J connectivity index is 1.85. The van der Waals surface area contributed by atoms with E-state index < -0.39 is 17.9 Å². The number of thiazole rings is 1. The van der Waals surface area contributed by atoms with Crippen LogP contribution < -0.4 is 30.1 Å². The predicted molar refractivity (Wildman–Crippen MR) is 149 cm³/mol. The van der Waals surface area contributed by atoms with E-state index in [2.05, 4.69) is 18.8 Å². The SMILES string of the molecule is CCOC(=O)C1=C(C)N=c2sc(=Cc3ccc(OCC(N)=O)c(OC)c3)c(=O)n2C1c1ccc(C(C)C)cc1. The van der Waals surface area contributed by atoms with Gasteiger partial charge in [-0.15, -0.1) is 0 Å². The zero-order valence-corrected chi connectivity index (χ0v) is 23.3. The predicted octanol–water partition coefficient (Wildman–Crippen LogP) is 2.79. The summed E-state index contributed by atoms with van der Waals surface area (Å²) in [6.45, 7) is 7.65. The Morgan fingerprint density at radius 2 is 1.87 bits per heavy atom. The van der Waals surface area contributed by atoms with Crippen molar-refractivity contribution in [3.05, 3.63) is 90.1 Å². The number of nitrogens with two attached hydrogens (primary N) is 1. The molecule has 1 aliphatic rings. The van der Waals surface area contributed by atoms with Crippen molar-refractivity contribution in [2.24, 2.45) is 10.7 Å². The van der Waals surface area contributed by atoms with Crippen LogP contribution in [0.3, 0.4) is 0 Å². The molecule has 10 heteroatoms. The van der Waals surface area contributed by atoms with Gasteiger partial charge in [0.05, 0.1) is 35.6 Å². The lowest BCUT2D eigenvalue weighted by molar-refractivity contribution is -0.139. The van der Waals surface area contributed by atoms with E-state index in [1.54, 1.807) is 42.7 Å². The van der Waals surface area contributed by atoms with Crippen molar-refractivity contribution in [1.29, 1.82) is 0 Å². The number of aromatic nitrogens is 1. The zero-order valence-electron chi connectivity index (χ0n) is 22.5. The fourth-order valence-corrected chi connectivity index (χ4v) is 5.41. The van der Waals surface area contributed by atoms with Crippen molar-refractivity contribution in [3.8, 4) is 11.5 Å². The number of allylic oxidation sites excluding steroid dienone is 1. The van der Waals surface area contributed by atoms with Crippen molar-refractivity contribution in [2.45, 2.75) is 39.7 Å². The maximum Gasteiger partial charge on any atom is 0.338 e. The molecule has 0 fully saturated rings. The normalized spacial score (nSPS) is 15.1. The van der Waals surface area contributed by atoms with Gasteiger partial charge in [0.25, 0.3) is 11.5 Å². The number of fused-ring (bicyclic) bond motifs is 1. The van der Waals surface area contributed by atoms with Gasteiger partial charge in [-0.05, 0) is 54.7 Å². The zero-order chi connectivity index (χ0) is 28.3. The Kier molecular flexibility index (Phi) is 8.35. The third-order valence-corrected chi connectivity index (χ3v) is 7.27. The molecule has 0 radical (unpaired) electrons. The van der Waals surface area contributed by atoms with E-state index in [9.17, 15) is 14.4 Å². The number of rotatable bonds is 9. The number of ether oxygens (including phenoxy) is 3. The first-order valence-electron chi connectivity index (χ1n) is 12.5. The maximum atomic E-state index is 13.8. The van der Waals surface area contributed by atoms with Gasteiger partial charge >= 0.3 is 5.97 Å². The molecular formula is C29H31N3O6S. The average molecular weight is 550 g/mol. The van der Waals surface area contributed by atoms with Crippen LogP contribution in [0.4, 0.5) is 0 Å². The summed E-state index contributed by atoms with van der Waals surface area (Å²) in [5, 5.41) is 0. The molecule has 2 heterocycles. The van der Waals surface area contributed by atoms with Crippen molar-refractivity contribution in [2.75, 3.05) is 20.3 Å². The van der Waals surface area contributed by atoms with E-state index in [1.165, 1.54) is 18.4 Å². The number of primary amides is 1. The second-order valence-corrected chi connectivity index (χ2v) is 10.3. The number of benzene rings is 2. The molecule has 0 bridgehead atoms. The molecule has 2 N–H and O–H groups in total. The summed E-state index contributed by atoms with van der Waals surface area (Å²) in [4.78, 5) is 43.1. The summed E-state index contributed by atoms with van der Waals surface area (Å²) in [6.07, 6.45) is 1.73. The van der Waals surface area contributed by atoms with Crippen LogP contribution in [0.2, 0.25) is 0 Å². The number of hydrogen-bond donors (Lipinski definition) is 1. The van der Waals surface area contributed by atoms with E-state index in [4.69, 9.17) is 19.9 Å². The fourth-order valence-electron chi connectivity index (χ4n) is 4.36. The maximum absolute atomic E-state index is 13.8.